The first kappa shape index (κ1) is 19.8. The van der Waals surface area contributed by atoms with E-state index in [-0.39, 0.29) is 12.3 Å². The van der Waals surface area contributed by atoms with Gasteiger partial charge in [0.25, 0.3) is 5.78 Å². The fourth-order valence-corrected chi connectivity index (χ4v) is 4.58. The monoisotopic (exact) mass is 410 g/mol. The van der Waals surface area contributed by atoms with E-state index in [1.54, 1.807) is 4.52 Å². The van der Waals surface area contributed by atoms with Crippen molar-refractivity contribution in [3.63, 3.8) is 0 Å². The number of nitrogens with zero attached hydrogens (tertiary/aromatic N) is 5. The molecule has 8 heteroatoms. The third kappa shape index (κ3) is 4.76. The SMILES string of the molecule is Cc1cc(C)n2nc(CC(=O)Nc3ccc(CN4CCSCC4)cc3C)nc2n1. The molecule has 7 nitrogen and oxygen atoms in total. The lowest BCUT2D eigenvalue weighted by atomic mass is 10.1. The van der Waals surface area contributed by atoms with Gasteiger partial charge >= 0.3 is 0 Å². The van der Waals surface area contributed by atoms with Gasteiger partial charge in [-0.05, 0) is 44.0 Å². The maximum atomic E-state index is 12.5. The summed E-state index contributed by atoms with van der Waals surface area (Å²) < 4.78 is 1.68. The molecule has 1 amide bonds. The van der Waals surface area contributed by atoms with Crippen LogP contribution < -0.4 is 5.32 Å². The lowest BCUT2D eigenvalue weighted by Gasteiger charge is -2.26. The summed E-state index contributed by atoms with van der Waals surface area (Å²) >= 11 is 2.02. The van der Waals surface area contributed by atoms with Crippen molar-refractivity contribution in [2.45, 2.75) is 33.7 Å². The molecular weight excluding hydrogens is 384 g/mol. The van der Waals surface area contributed by atoms with Gasteiger partial charge in [-0.1, -0.05) is 12.1 Å². The van der Waals surface area contributed by atoms with Crippen LogP contribution in [0.5, 0.6) is 0 Å². The van der Waals surface area contributed by atoms with Gasteiger partial charge in [0.2, 0.25) is 5.91 Å². The number of carbonyl (C=O) groups is 1. The minimum Gasteiger partial charge on any atom is -0.325 e. The van der Waals surface area contributed by atoms with Gasteiger partial charge in [0.1, 0.15) is 0 Å². The van der Waals surface area contributed by atoms with Crippen molar-refractivity contribution >= 4 is 29.1 Å². The number of aryl methyl sites for hydroxylation is 3. The number of fused-ring (bicyclic) bond motifs is 1. The van der Waals surface area contributed by atoms with Crippen molar-refractivity contribution in [1.29, 1.82) is 0 Å². The fourth-order valence-electron chi connectivity index (χ4n) is 3.60. The van der Waals surface area contributed by atoms with E-state index in [0.717, 1.165) is 42.3 Å². The highest BCUT2D eigenvalue weighted by Crippen LogP contribution is 2.19. The first-order valence-electron chi connectivity index (χ1n) is 9.87. The zero-order valence-electron chi connectivity index (χ0n) is 17.1. The standard InChI is InChI=1S/C21H26N6OS/c1-14-10-17(13-26-6-8-29-9-7-26)4-5-18(14)23-20(28)12-19-24-21-22-15(2)11-16(3)27(21)25-19/h4-5,10-11H,6-9,12-13H2,1-3H3,(H,23,28). The Morgan fingerprint density at radius 2 is 1.93 bits per heavy atom. The van der Waals surface area contributed by atoms with Gasteiger partial charge in [-0.2, -0.15) is 16.7 Å². The molecule has 0 unspecified atom stereocenters. The highest BCUT2D eigenvalue weighted by Gasteiger charge is 2.14. The van der Waals surface area contributed by atoms with Gasteiger partial charge in [0, 0.05) is 48.2 Å². The van der Waals surface area contributed by atoms with E-state index in [0.29, 0.717) is 11.6 Å². The third-order valence-corrected chi connectivity index (χ3v) is 6.00. The van der Waals surface area contributed by atoms with Crippen LogP contribution in [0, 0.1) is 20.8 Å². The van der Waals surface area contributed by atoms with Gasteiger partial charge < -0.3 is 5.32 Å². The molecule has 152 valence electrons. The van der Waals surface area contributed by atoms with Crippen molar-refractivity contribution < 1.29 is 4.79 Å². The summed E-state index contributed by atoms with van der Waals surface area (Å²) in [6.07, 6.45) is 0.120. The number of benzene rings is 1. The van der Waals surface area contributed by atoms with Gasteiger partial charge in [-0.3, -0.25) is 9.69 Å². The van der Waals surface area contributed by atoms with Crippen LogP contribution in [0.1, 0.15) is 28.3 Å². The molecule has 29 heavy (non-hydrogen) atoms. The summed E-state index contributed by atoms with van der Waals surface area (Å²) in [5.74, 6) is 3.29. The summed E-state index contributed by atoms with van der Waals surface area (Å²) in [7, 11) is 0. The Bertz CT molecular complexity index is 1040. The van der Waals surface area contributed by atoms with Crippen LogP contribution in [0.3, 0.4) is 0 Å². The van der Waals surface area contributed by atoms with Crippen LogP contribution in [0.25, 0.3) is 5.78 Å². The second-order valence-electron chi connectivity index (χ2n) is 7.54. The smallest absolute Gasteiger partial charge is 0.252 e. The molecule has 2 aromatic heterocycles. The van der Waals surface area contributed by atoms with Crippen LogP contribution in [0.2, 0.25) is 0 Å². The second kappa shape index (κ2) is 8.51. The van der Waals surface area contributed by atoms with Crippen LogP contribution in [0.4, 0.5) is 5.69 Å². The predicted molar refractivity (Wildman–Crippen MR) is 116 cm³/mol. The molecule has 3 aromatic rings. The molecule has 3 heterocycles. The predicted octanol–water partition coefficient (Wildman–Crippen LogP) is 2.78. The Kier molecular flexibility index (Phi) is 5.82. The summed E-state index contributed by atoms with van der Waals surface area (Å²) in [4.78, 5) is 23.8. The number of rotatable bonds is 5. The molecule has 0 saturated carbocycles. The van der Waals surface area contributed by atoms with E-state index >= 15 is 0 Å². The van der Waals surface area contributed by atoms with E-state index in [9.17, 15) is 4.79 Å². The topological polar surface area (TPSA) is 75.4 Å². The van der Waals surface area contributed by atoms with Crippen molar-refractivity contribution in [2.24, 2.45) is 0 Å². The highest BCUT2D eigenvalue weighted by atomic mass is 32.2. The highest BCUT2D eigenvalue weighted by molar-refractivity contribution is 7.99. The van der Waals surface area contributed by atoms with E-state index in [2.05, 4.69) is 37.4 Å². The zero-order valence-corrected chi connectivity index (χ0v) is 17.9. The number of amides is 1. The zero-order chi connectivity index (χ0) is 20.4. The van der Waals surface area contributed by atoms with E-state index < -0.39 is 0 Å². The Morgan fingerprint density at radius 3 is 2.69 bits per heavy atom. The largest absolute Gasteiger partial charge is 0.325 e. The van der Waals surface area contributed by atoms with E-state index in [1.807, 2.05) is 44.7 Å². The van der Waals surface area contributed by atoms with Crippen LogP contribution in [0.15, 0.2) is 24.3 Å². The second-order valence-corrected chi connectivity index (χ2v) is 8.77. The van der Waals surface area contributed by atoms with Crippen molar-refractivity contribution in [3.05, 3.63) is 52.6 Å². The summed E-state index contributed by atoms with van der Waals surface area (Å²) in [6, 6.07) is 8.20. The minimum absolute atomic E-state index is 0.120. The Balaban J connectivity index is 1.41. The number of hydrogen-bond donors (Lipinski definition) is 1. The molecule has 4 rings (SSSR count). The normalized spacial score (nSPS) is 15.0. The molecule has 1 N–H and O–H groups in total. The molecule has 1 saturated heterocycles. The first-order valence-corrected chi connectivity index (χ1v) is 11.0. The van der Waals surface area contributed by atoms with Crippen molar-refractivity contribution in [2.75, 3.05) is 29.9 Å². The number of carbonyl (C=O) groups excluding carboxylic acids is 1. The van der Waals surface area contributed by atoms with Gasteiger partial charge in [0.05, 0.1) is 6.42 Å². The van der Waals surface area contributed by atoms with Gasteiger partial charge in [0.15, 0.2) is 5.82 Å². The Morgan fingerprint density at radius 1 is 1.14 bits per heavy atom. The van der Waals surface area contributed by atoms with Crippen LogP contribution in [-0.4, -0.2) is 55.0 Å². The lowest BCUT2D eigenvalue weighted by molar-refractivity contribution is -0.115. The Hall–Kier alpha value is -2.45. The quantitative estimate of drug-likeness (QED) is 0.697. The molecule has 0 bridgehead atoms. The van der Waals surface area contributed by atoms with Crippen molar-refractivity contribution in [1.82, 2.24) is 24.5 Å². The van der Waals surface area contributed by atoms with Crippen molar-refractivity contribution in [3.8, 4) is 0 Å². The number of aromatic nitrogens is 4. The average molecular weight is 411 g/mol. The summed E-state index contributed by atoms with van der Waals surface area (Å²) in [5.41, 5.74) is 5.02. The molecule has 0 atom stereocenters. The molecule has 0 spiro atoms. The molecule has 1 aromatic carbocycles. The number of anilines is 1. The average Bonchev–Trinajstić information content (AvgIpc) is 3.07. The van der Waals surface area contributed by atoms with Gasteiger partial charge in [-0.25, -0.2) is 9.50 Å². The van der Waals surface area contributed by atoms with Gasteiger partial charge in [-0.15, -0.1) is 5.10 Å². The molecule has 1 fully saturated rings. The summed E-state index contributed by atoms with van der Waals surface area (Å²) in [5, 5.41) is 7.41. The Labute approximate surface area is 174 Å². The summed E-state index contributed by atoms with van der Waals surface area (Å²) in [6.45, 7) is 9.15. The molecular formula is C21H26N6OS. The number of nitrogens with one attached hydrogen (secondary N) is 1. The number of hydrogen-bond acceptors (Lipinski definition) is 6. The third-order valence-electron chi connectivity index (χ3n) is 5.06. The lowest BCUT2D eigenvalue weighted by Crippen LogP contribution is -2.31. The fraction of sp³-hybridized carbons (Fsp3) is 0.429. The van der Waals surface area contributed by atoms with Crippen LogP contribution in [-0.2, 0) is 17.8 Å². The molecule has 1 aliphatic rings. The molecule has 0 radical (unpaired) electrons. The van der Waals surface area contributed by atoms with E-state index in [1.165, 1.54) is 17.1 Å². The maximum Gasteiger partial charge on any atom is 0.252 e. The maximum absolute atomic E-state index is 12.5. The van der Waals surface area contributed by atoms with Crippen LogP contribution >= 0.6 is 11.8 Å². The minimum atomic E-state index is -0.126. The first-order chi connectivity index (χ1) is 14.0. The molecule has 0 aliphatic carbocycles. The molecule has 1 aliphatic heterocycles. The van der Waals surface area contributed by atoms with E-state index in [4.69, 9.17) is 0 Å². The number of thioether (sulfide) groups is 1.